The number of benzene rings is 1. The van der Waals surface area contributed by atoms with Crippen LogP contribution in [-0.2, 0) is 0 Å². The fourth-order valence-corrected chi connectivity index (χ4v) is 3.00. The average Bonchev–Trinajstić information content (AvgIpc) is 2.34. The van der Waals surface area contributed by atoms with Crippen LogP contribution in [-0.4, -0.2) is 13.9 Å². The molecule has 0 spiro atoms. The highest BCUT2D eigenvalue weighted by Crippen LogP contribution is 2.37. The average molecular weight is 276 g/mol. The maximum absolute atomic E-state index is 5.24. The molecule has 0 bridgehead atoms. The van der Waals surface area contributed by atoms with Gasteiger partial charge in [-0.3, -0.25) is 0 Å². The molecule has 0 aliphatic rings. The third-order valence-electron chi connectivity index (χ3n) is 4.12. The molecule has 1 rings (SSSR count). The van der Waals surface area contributed by atoms with Crippen LogP contribution in [0.3, 0.4) is 0 Å². The zero-order valence-electron chi connectivity index (χ0n) is 13.5. The van der Waals surface area contributed by atoms with Crippen molar-refractivity contribution < 1.29 is 0 Å². The van der Waals surface area contributed by atoms with Gasteiger partial charge in [-0.15, -0.1) is 0 Å². The van der Waals surface area contributed by atoms with Crippen LogP contribution < -0.4 is 0 Å². The highest BCUT2D eigenvalue weighted by Gasteiger charge is 2.35. The number of hydrogen-bond acceptors (Lipinski definition) is 1. The lowest BCUT2D eigenvalue weighted by Gasteiger charge is -2.33. The van der Waals surface area contributed by atoms with Crippen molar-refractivity contribution in [1.82, 2.24) is 0 Å². The van der Waals surface area contributed by atoms with E-state index in [4.69, 9.17) is 4.66 Å². The zero-order chi connectivity index (χ0) is 14.5. The van der Waals surface area contributed by atoms with E-state index < -0.39 is 8.24 Å². The zero-order valence-corrected chi connectivity index (χ0v) is 14.5. The first-order valence-corrected chi connectivity index (χ1v) is 10.4. The van der Waals surface area contributed by atoms with Gasteiger partial charge in [0.05, 0.1) is 0 Å². The summed E-state index contributed by atoms with van der Waals surface area (Å²) >= 11 is 0. The van der Waals surface area contributed by atoms with Crippen LogP contribution in [0, 0.1) is 0 Å². The molecule has 0 unspecified atom stereocenters. The summed E-state index contributed by atoms with van der Waals surface area (Å²) in [6.07, 6.45) is 3.55. The lowest BCUT2D eigenvalue weighted by Crippen LogP contribution is -2.36. The van der Waals surface area contributed by atoms with Crippen molar-refractivity contribution in [2.75, 3.05) is 0 Å². The number of unbranched alkanes of at least 4 members (excludes halogenated alkanes) is 1. The monoisotopic (exact) mass is 275 g/mol. The molecule has 0 heterocycles. The molecule has 0 aliphatic heterocycles. The predicted molar refractivity (Wildman–Crippen MR) is 89.7 cm³/mol. The lowest BCUT2D eigenvalue weighted by atomic mass is 10.1. The van der Waals surface area contributed by atoms with Gasteiger partial charge < -0.3 is 4.66 Å². The summed E-state index contributed by atoms with van der Waals surface area (Å²) in [6.45, 7) is 14.0. The lowest BCUT2D eigenvalue weighted by molar-refractivity contribution is 0.718. The summed E-state index contributed by atoms with van der Waals surface area (Å²) in [4.78, 5) is 0. The van der Waals surface area contributed by atoms with Crippen LogP contribution in [0.25, 0.3) is 0 Å². The molecule has 19 heavy (non-hydrogen) atoms. The molecular weight excluding hydrogens is 246 g/mol. The molecule has 0 saturated carbocycles. The molecule has 0 atom stereocenters. The Bertz CT molecular complexity index is 413. The third kappa shape index (κ3) is 4.61. The van der Waals surface area contributed by atoms with Gasteiger partial charge in [-0.2, -0.15) is 0 Å². The second kappa shape index (κ2) is 6.51. The highest BCUT2D eigenvalue weighted by atomic mass is 28.3. The quantitative estimate of drug-likeness (QED) is 0.485. The van der Waals surface area contributed by atoms with Crippen LogP contribution in [0.2, 0.25) is 18.1 Å². The minimum Gasteiger partial charge on any atom is -0.325 e. The van der Waals surface area contributed by atoms with Crippen molar-refractivity contribution in [2.45, 2.75) is 65.1 Å². The molecule has 0 aromatic heterocycles. The van der Waals surface area contributed by atoms with Gasteiger partial charge in [0.15, 0.2) is 8.24 Å². The summed E-state index contributed by atoms with van der Waals surface area (Å²) < 4.78 is 5.24. The van der Waals surface area contributed by atoms with Crippen molar-refractivity contribution in [3.05, 3.63) is 35.9 Å². The van der Waals surface area contributed by atoms with Gasteiger partial charge in [0.1, 0.15) is 0 Å². The van der Waals surface area contributed by atoms with Crippen LogP contribution in [0.15, 0.2) is 35.0 Å². The van der Waals surface area contributed by atoms with Crippen LogP contribution in [0.4, 0.5) is 0 Å². The summed E-state index contributed by atoms with van der Waals surface area (Å²) in [5.74, 6) is 0. The summed E-state index contributed by atoms with van der Waals surface area (Å²) in [5.41, 5.74) is 2.62. The van der Waals surface area contributed by atoms with E-state index >= 15 is 0 Å². The van der Waals surface area contributed by atoms with Crippen LogP contribution in [0.1, 0.15) is 52.5 Å². The minimum atomic E-state index is -1.61. The van der Waals surface area contributed by atoms with Crippen LogP contribution >= 0.6 is 0 Å². The van der Waals surface area contributed by atoms with Crippen molar-refractivity contribution in [1.29, 1.82) is 0 Å². The van der Waals surface area contributed by atoms with Crippen molar-refractivity contribution >= 4 is 13.9 Å². The van der Waals surface area contributed by atoms with E-state index in [1.54, 1.807) is 0 Å². The summed E-state index contributed by atoms with van der Waals surface area (Å²) in [5, 5.41) is 0.305. The Hall–Kier alpha value is -0.893. The van der Waals surface area contributed by atoms with Crippen molar-refractivity contribution in [3.8, 4) is 0 Å². The normalized spacial score (nSPS) is 13.7. The Morgan fingerprint density at radius 1 is 1.11 bits per heavy atom. The second-order valence-electron chi connectivity index (χ2n) is 6.84. The van der Waals surface area contributed by atoms with E-state index in [2.05, 4.69) is 71.1 Å². The van der Waals surface area contributed by atoms with Gasteiger partial charge in [0.25, 0.3) is 0 Å². The van der Waals surface area contributed by atoms with Crippen molar-refractivity contribution in [2.24, 2.45) is 4.66 Å². The van der Waals surface area contributed by atoms with E-state index in [-0.39, 0.29) is 0 Å². The Labute approximate surface area is 120 Å². The SMILES string of the molecule is CCCCC(=N[Si](C)(C)C(C)(C)C)c1ccccc1. The third-order valence-corrected chi connectivity index (χ3v) is 8.62. The van der Waals surface area contributed by atoms with E-state index in [1.165, 1.54) is 24.1 Å². The molecule has 0 fully saturated rings. The minimum absolute atomic E-state index is 0.305. The van der Waals surface area contributed by atoms with E-state index in [1.807, 2.05) is 0 Å². The van der Waals surface area contributed by atoms with E-state index in [9.17, 15) is 0 Å². The molecule has 1 aromatic rings. The first-order chi connectivity index (χ1) is 8.78. The number of hydrogen-bond donors (Lipinski definition) is 0. The first-order valence-electron chi connectivity index (χ1n) is 7.42. The maximum Gasteiger partial charge on any atom is 0.180 e. The summed E-state index contributed by atoms with van der Waals surface area (Å²) in [6, 6.07) is 10.7. The van der Waals surface area contributed by atoms with E-state index in [0.717, 1.165) is 6.42 Å². The van der Waals surface area contributed by atoms with Crippen LogP contribution in [0.5, 0.6) is 0 Å². The Morgan fingerprint density at radius 2 is 1.68 bits per heavy atom. The molecule has 1 nitrogen and oxygen atoms in total. The van der Waals surface area contributed by atoms with Gasteiger partial charge in [0.2, 0.25) is 0 Å². The standard InChI is InChI=1S/C17H29NSi/c1-7-8-14-16(15-12-10-9-11-13-15)18-19(5,6)17(2,3)4/h9-13H,7-8,14H2,1-6H3. The van der Waals surface area contributed by atoms with Gasteiger partial charge in [-0.05, 0) is 36.5 Å². The Morgan fingerprint density at radius 3 is 2.16 bits per heavy atom. The van der Waals surface area contributed by atoms with Crippen molar-refractivity contribution in [3.63, 3.8) is 0 Å². The smallest absolute Gasteiger partial charge is 0.180 e. The van der Waals surface area contributed by atoms with E-state index in [0.29, 0.717) is 5.04 Å². The maximum atomic E-state index is 5.24. The molecule has 0 N–H and O–H groups in total. The molecular formula is C17H29NSi. The fraction of sp³-hybridized carbons (Fsp3) is 0.588. The fourth-order valence-electron chi connectivity index (χ4n) is 1.74. The molecule has 106 valence electrons. The number of rotatable bonds is 5. The van der Waals surface area contributed by atoms with Gasteiger partial charge in [-0.1, -0.05) is 64.4 Å². The van der Waals surface area contributed by atoms with Gasteiger partial charge in [-0.25, -0.2) is 0 Å². The number of nitrogens with zero attached hydrogens (tertiary/aromatic N) is 1. The predicted octanol–water partition coefficient (Wildman–Crippen LogP) is 5.67. The Balaban J connectivity index is 3.11. The Kier molecular flexibility index (Phi) is 5.54. The van der Waals surface area contributed by atoms with Gasteiger partial charge >= 0.3 is 0 Å². The first kappa shape index (κ1) is 16.2. The molecule has 0 saturated heterocycles. The summed E-state index contributed by atoms with van der Waals surface area (Å²) in [7, 11) is -1.61. The molecule has 0 amide bonds. The second-order valence-corrected chi connectivity index (χ2v) is 11.7. The molecule has 0 aliphatic carbocycles. The molecule has 2 heteroatoms. The van der Waals surface area contributed by atoms with Gasteiger partial charge in [0, 0.05) is 5.71 Å². The topological polar surface area (TPSA) is 12.4 Å². The molecule has 0 radical (unpaired) electrons. The molecule has 1 aromatic carbocycles. The largest absolute Gasteiger partial charge is 0.325 e. The highest BCUT2D eigenvalue weighted by molar-refractivity contribution is 6.79.